The zero-order valence-corrected chi connectivity index (χ0v) is 9.47. The fraction of sp³-hybridized carbons (Fsp3) is 0.909. The number of carbonyl (C=O) groups excluding carboxylic acids is 1. The van der Waals surface area contributed by atoms with Gasteiger partial charge in [0.2, 0.25) is 5.91 Å². The minimum Gasteiger partial charge on any atom is -0.368 e. The Balaban J connectivity index is 2.45. The standard InChI is InChI=1S/C11H22N2O/c1-8(2)6-11(3,10(12)14)13-7-9-4-5-9/h8-9,13H,4-7H2,1-3H3,(H2,12,14). The summed E-state index contributed by atoms with van der Waals surface area (Å²) in [6, 6.07) is 0. The van der Waals surface area contributed by atoms with Crippen LogP contribution in [-0.2, 0) is 4.79 Å². The van der Waals surface area contributed by atoms with E-state index in [4.69, 9.17) is 5.73 Å². The molecule has 1 aliphatic carbocycles. The van der Waals surface area contributed by atoms with E-state index in [0.717, 1.165) is 18.9 Å². The van der Waals surface area contributed by atoms with Crippen molar-refractivity contribution in [1.82, 2.24) is 5.32 Å². The highest BCUT2D eigenvalue weighted by molar-refractivity contribution is 5.84. The largest absolute Gasteiger partial charge is 0.368 e. The molecule has 14 heavy (non-hydrogen) atoms. The lowest BCUT2D eigenvalue weighted by Gasteiger charge is -2.29. The first-order valence-corrected chi connectivity index (χ1v) is 5.49. The molecule has 1 saturated carbocycles. The molecule has 0 aromatic rings. The van der Waals surface area contributed by atoms with E-state index < -0.39 is 5.54 Å². The lowest BCUT2D eigenvalue weighted by atomic mass is 9.90. The van der Waals surface area contributed by atoms with E-state index in [1.807, 2.05) is 6.92 Å². The Morgan fingerprint density at radius 3 is 2.50 bits per heavy atom. The van der Waals surface area contributed by atoms with Crippen LogP contribution in [0.1, 0.15) is 40.0 Å². The van der Waals surface area contributed by atoms with Crippen LogP contribution in [0.25, 0.3) is 0 Å². The van der Waals surface area contributed by atoms with Gasteiger partial charge in [-0.05, 0) is 44.6 Å². The van der Waals surface area contributed by atoms with Crippen LogP contribution in [0.5, 0.6) is 0 Å². The smallest absolute Gasteiger partial charge is 0.237 e. The molecule has 0 aromatic carbocycles. The average Bonchev–Trinajstić information content (AvgIpc) is 2.82. The van der Waals surface area contributed by atoms with Crippen LogP contribution >= 0.6 is 0 Å². The van der Waals surface area contributed by atoms with Crippen LogP contribution < -0.4 is 11.1 Å². The summed E-state index contributed by atoms with van der Waals surface area (Å²) < 4.78 is 0. The molecule has 0 spiro atoms. The number of nitrogens with one attached hydrogen (secondary N) is 1. The molecule has 1 amide bonds. The molecule has 3 heteroatoms. The zero-order chi connectivity index (χ0) is 10.8. The lowest BCUT2D eigenvalue weighted by Crippen LogP contribution is -2.54. The number of nitrogens with two attached hydrogens (primary N) is 1. The summed E-state index contributed by atoms with van der Waals surface area (Å²) in [5.74, 6) is 1.03. The molecule has 1 aliphatic rings. The van der Waals surface area contributed by atoms with Gasteiger partial charge < -0.3 is 11.1 Å². The van der Waals surface area contributed by atoms with Gasteiger partial charge in [0.15, 0.2) is 0 Å². The highest BCUT2D eigenvalue weighted by atomic mass is 16.1. The molecule has 0 bridgehead atoms. The van der Waals surface area contributed by atoms with Crippen molar-refractivity contribution in [2.75, 3.05) is 6.54 Å². The Morgan fingerprint density at radius 1 is 1.57 bits per heavy atom. The van der Waals surface area contributed by atoms with Crippen molar-refractivity contribution in [2.24, 2.45) is 17.6 Å². The SMILES string of the molecule is CC(C)CC(C)(NCC1CC1)C(N)=O. The predicted molar refractivity (Wildman–Crippen MR) is 57.8 cm³/mol. The Labute approximate surface area is 86.4 Å². The van der Waals surface area contributed by atoms with E-state index in [0.29, 0.717) is 5.92 Å². The molecule has 0 aliphatic heterocycles. The Bertz CT molecular complexity index is 211. The first kappa shape index (κ1) is 11.5. The van der Waals surface area contributed by atoms with Crippen LogP contribution in [0.4, 0.5) is 0 Å². The molecule has 0 heterocycles. The molecular weight excluding hydrogens is 176 g/mol. The fourth-order valence-corrected chi connectivity index (χ4v) is 1.77. The van der Waals surface area contributed by atoms with Crippen molar-refractivity contribution >= 4 is 5.91 Å². The van der Waals surface area contributed by atoms with Crippen LogP contribution in [0.2, 0.25) is 0 Å². The summed E-state index contributed by atoms with van der Waals surface area (Å²) in [5.41, 5.74) is 4.91. The third-order valence-electron chi connectivity index (χ3n) is 2.84. The second-order valence-electron chi connectivity index (χ2n) is 5.12. The molecule has 3 N–H and O–H groups in total. The number of hydrogen-bond acceptors (Lipinski definition) is 2. The van der Waals surface area contributed by atoms with Gasteiger partial charge in [-0.3, -0.25) is 4.79 Å². The van der Waals surface area contributed by atoms with Crippen molar-refractivity contribution in [3.8, 4) is 0 Å². The second kappa shape index (κ2) is 4.30. The number of amides is 1. The van der Waals surface area contributed by atoms with Gasteiger partial charge in [0.1, 0.15) is 0 Å². The molecule has 0 aromatic heterocycles. The summed E-state index contributed by atoms with van der Waals surface area (Å²) in [7, 11) is 0. The fourth-order valence-electron chi connectivity index (χ4n) is 1.77. The van der Waals surface area contributed by atoms with Gasteiger partial charge in [0, 0.05) is 0 Å². The zero-order valence-electron chi connectivity index (χ0n) is 9.47. The van der Waals surface area contributed by atoms with Gasteiger partial charge in [0.25, 0.3) is 0 Å². The minimum atomic E-state index is -0.517. The van der Waals surface area contributed by atoms with E-state index in [-0.39, 0.29) is 5.91 Å². The topological polar surface area (TPSA) is 55.1 Å². The Hall–Kier alpha value is -0.570. The quantitative estimate of drug-likeness (QED) is 0.675. The molecular formula is C11H22N2O. The monoisotopic (exact) mass is 198 g/mol. The van der Waals surface area contributed by atoms with Crippen molar-refractivity contribution in [3.05, 3.63) is 0 Å². The minimum absolute atomic E-state index is 0.230. The normalized spacial score (nSPS) is 20.9. The number of hydrogen-bond donors (Lipinski definition) is 2. The summed E-state index contributed by atoms with van der Waals surface area (Å²) in [6.45, 7) is 7.07. The maximum atomic E-state index is 11.3. The van der Waals surface area contributed by atoms with E-state index in [1.165, 1.54) is 12.8 Å². The van der Waals surface area contributed by atoms with Crippen molar-refractivity contribution in [2.45, 2.75) is 45.6 Å². The van der Waals surface area contributed by atoms with Crippen molar-refractivity contribution in [3.63, 3.8) is 0 Å². The van der Waals surface area contributed by atoms with Crippen LogP contribution in [0, 0.1) is 11.8 Å². The van der Waals surface area contributed by atoms with E-state index in [2.05, 4.69) is 19.2 Å². The van der Waals surface area contributed by atoms with Gasteiger partial charge in [-0.25, -0.2) is 0 Å². The van der Waals surface area contributed by atoms with Gasteiger partial charge in [-0.1, -0.05) is 13.8 Å². The number of primary amides is 1. The maximum absolute atomic E-state index is 11.3. The second-order valence-corrected chi connectivity index (χ2v) is 5.12. The van der Waals surface area contributed by atoms with Crippen LogP contribution in [-0.4, -0.2) is 18.0 Å². The Kier molecular flexibility index (Phi) is 3.53. The van der Waals surface area contributed by atoms with Gasteiger partial charge >= 0.3 is 0 Å². The molecule has 0 saturated heterocycles. The first-order chi connectivity index (χ1) is 6.44. The van der Waals surface area contributed by atoms with Crippen molar-refractivity contribution in [1.29, 1.82) is 0 Å². The third kappa shape index (κ3) is 3.29. The number of carbonyl (C=O) groups is 1. The third-order valence-corrected chi connectivity index (χ3v) is 2.84. The van der Waals surface area contributed by atoms with Gasteiger partial charge in [0.05, 0.1) is 5.54 Å². The lowest BCUT2D eigenvalue weighted by molar-refractivity contribution is -0.124. The van der Waals surface area contributed by atoms with E-state index in [9.17, 15) is 4.79 Å². The van der Waals surface area contributed by atoms with Crippen LogP contribution in [0.15, 0.2) is 0 Å². The van der Waals surface area contributed by atoms with E-state index in [1.54, 1.807) is 0 Å². The summed E-state index contributed by atoms with van der Waals surface area (Å²) >= 11 is 0. The van der Waals surface area contributed by atoms with Gasteiger partial charge in [-0.2, -0.15) is 0 Å². The molecule has 1 fully saturated rings. The highest BCUT2D eigenvalue weighted by Gasteiger charge is 2.33. The average molecular weight is 198 g/mol. The molecule has 1 rings (SSSR count). The summed E-state index contributed by atoms with van der Waals surface area (Å²) in [4.78, 5) is 11.3. The summed E-state index contributed by atoms with van der Waals surface area (Å²) in [6.07, 6.45) is 3.40. The van der Waals surface area contributed by atoms with E-state index >= 15 is 0 Å². The van der Waals surface area contributed by atoms with Crippen molar-refractivity contribution < 1.29 is 4.79 Å². The van der Waals surface area contributed by atoms with Gasteiger partial charge in [-0.15, -0.1) is 0 Å². The number of rotatable bonds is 6. The predicted octanol–water partition coefficient (Wildman–Crippen LogP) is 1.28. The highest BCUT2D eigenvalue weighted by Crippen LogP contribution is 2.29. The summed E-state index contributed by atoms with van der Waals surface area (Å²) in [5, 5.41) is 3.31. The first-order valence-electron chi connectivity index (χ1n) is 5.49. The molecule has 82 valence electrons. The molecule has 3 nitrogen and oxygen atoms in total. The Morgan fingerprint density at radius 2 is 2.14 bits per heavy atom. The molecule has 1 atom stereocenters. The molecule has 1 unspecified atom stereocenters. The molecule has 0 radical (unpaired) electrons. The van der Waals surface area contributed by atoms with Crippen LogP contribution in [0.3, 0.4) is 0 Å². The maximum Gasteiger partial charge on any atom is 0.237 e.